The Bertz CT molecular complexity index is 597. The second-order valence-electron chi connectivity index (χ2n) is 7.07. The maximum atomic E-state index is 4.51. The average molecular weight is 265 g/mol. The first-order chi connectivity index (χ1) is 9.44. The van der Waals surface area contributed by atoms with E-state index in [9.17, 15) is 0 Å². The van der Waals surface area contributed by atoms with E-state index in [1.54, 1.807) is 0 Å². The summed E-state index contributed by atoms with van der Waals surface area (Å²) in [5.74, 6) is 0.750. The van der Waals surface area contributed by atoms with Gasteiger partial charge in [0.1, 0.15) is 0 Å². The summed E-state index contributed by atoms with van der Waals surface area (Å²) in [5, 5.41) is 0. The minimum atomic E-state index is 0.435. The van der Waals surface area contributed by atoms with Gasteiger partial charge >= 0.3 is 0 Å². The third-order valence-corrected chi connectivity index (χ3v) is 5.70. The number of aromatic nitrogens is 1. The van der Waals surface area contributed by atoms with Crippen molar-refractivity contribution in [2.45, 2.75) is 34.1 Å². The smallest absolute Gasteiger partial charge is 0.0704 e. The van der Waals surface area contributed by atoms with Crippen molar-refractivity contribution in [1.82, 2.24) is 4.98 Å². The fourth-order valence-electron chi connectivity index (χ4n) is 3.53. The molecule has 0 N–H and O–H groups in total. The van der Waals surface area contributed by atoms with Crippen LogP contribution < -0.4 is 0 Å². The highest BCUT2D eigenvalue weighted by Crippen LogP contribution is 2.69. The van der Waals surface area contributed by atoms with E-state index in [-0.39, 0.29) is 0 Å². The summed E-state index contributed by atoms with van der Waals surface area (Å²) in [6.07, 6.45) is 3.02. The van der Waals surface area contributed by atoms with Crippen LogP contribution >= 0.6 is 0 Å². The molecule has 0 aliphatic heterocycles. The lowest BCUT2D eigenvalue weighted by molar-refractivity contribution is 0.457. The van der Waals surface area contributed by atoms with Gasteiger partial charge in [0.25, 0.3) is 0 Å². The Morgan fingerprint density at radius 2 is 1.55 bits per heavy atom. The van der Waals surface area contributed by atoms with Crippen LogP contribution in [-0.4, -0.2) is 4.98 Å². The van der Waals surface area contributed by atoms with Crippen molar-refractivity contribution in [3.63, 3.8) is 0 Å². The van der Waals surface area contributed by atoms with Crippen LogP contribution in [0.1, 0.15) is 33.3 Å². The van der Waals surface area contributed by atoms with Gasteiger partial charge in [-0.25, -0.2) is 0 Å². The lowest BCUT2D eigenvalue weighted by atomic mass is 9.96. The molecule has 1 aliphatic carbocycles. The number of benzene rings is 1. The van der Waals surface area contributed by atoms with Crippen molar-refractivity contribution in [2.75, 3.05) is 0 Å². The van der Waals surface area contributed by atoms with Crippen LogP contribution in [0.5, 0.6) is 0 Å². The molecule has 1 heteroatoms. The number of nitrogens with zero attached hydrogens (tertiary/aromatic N) is 1. The Kier molecular flexibility index (Phi) is 2.97. The molecule has 3 rings (SSSR count). The van der Waals surface area contributed by atoms with Gasteiger partial charge in [-0.05, 0) is 40.9 Å². The second-order valence-corrected chi connectivity index (χ2v) is 7.07. The first kappa shape index (κ1) is 13.4. The van der Waals surface area contributed by atoms with Gasteiger partial charge in [0, 0.05) is 11.8 Å². The van der Waals surface area contributed by atoms with Gasteiger partial charge in [-0.2, -0.15) is 0 Å². The zero-order valence-corrected chi connectivity index (χ0v) is 12.9. The Labute approximate surface area is 122 Å². The lowest BCUT2D eigenvalue weighted by Crippen LogP contribution is -1.98. The molecule has 1 heterocycles. The van der Waals surface area contributed by atoms with Gasteiger partial charge in [-0.3, -0.25) is 4.98 Å². The average Bonchev–Trinajstić information content (AvgIpc) is 2.83. The molecule has 1 nitrogen and oxygen atoms in total. The normalized spacial score (nSPS) is 19.8. The van der Waals surface area contributed by atoms with E-state index in [0.29, 0.717) is 10.8 Å². The van der Waals surface area contributed by atoms with Gasteiger partial charge in [0.05, 0.1) is 5.69 Å². The highest BCUT2D eigenvalue weighted by Gasteiger charge is 2.63. The molecule has 0 bridgehead atoms. The molecular formula is C19H23N. The van der Waals surface area contributed by atoms with Crippen molar-refractivity contribution in [2.24, 2.45) is 16.7 Å². The first-order valence-electron chi connectivity index (χ1n) is 7.44. The third kappa shape index (κ3) is 1.96. The van der Waals surface area contributed by atoms with Crippen LogP contribution in [0.25, 0.3) is 11.3 Å². The van der Waals surface area contributed by atoms with Crippen molar-refractivity contribution in [3.05, 3.63) is 54.2 Å². The number of hydrogen-bond donors (Lipinski definition) is 0. The maximum absolute atomic E-state index is 4.51. The van der Waals surface area contributed by atoms with Gasteiger partial charge < -0.3 is 0 Å². The van der Waals surface area contributed by atoms with E-state index < -0.39 is 0 Å². The molecule has 0 spiro atoms. The quantitative estimate of drug-likeness (QED) is 0.763. The Hall–Kier alpha value is -1.63. The van der Waals surface area contributed by atoms with Crippen LogP contribution in [0.4, 0.5) is 0 Å². The standard InChI is InChI=1S/C19H23N/c1-18(2)17(19(18,3)4)13-14-9-5-6-10-15(14)16-11-7-8-12-20-16/h5-12,17H,13H2,1-4H3. The largest absolute Gasteiger partial charge is 0.256 e. The summed E-state index contributed by atoms with van der Waals surface area (Å²) in [7, 11) is 0. The first-order valence-corrected chi connectivity index (χ1v) is 7.44. The van der Waals surface area contributed by atoms with Gasteiger partial charge in [0.2, 0.25) is 0 Å². The molecular weight excluding hydrogens is 242 g/mol. The number of hydrogen-bond acceptors (Lipinski definition) is 1. The molecule has 1 aromatic heterocycles. The van der Waals surface area contributed by atoms with Crippen molar-refractivity contribution in [3.8, 4) is 11.3 Å². The highest BCUT2D eigenvalue weighted by molar-refractivity contribution is 5.63. The fraction of sp³-hybridized carbons (Fsp3) is 0.421. The van der Waals surface area contributed by atoms with Crippen LogP contribution in [0.2, 0.25) is 0 Å². The molecule has 1 fully saturated rings. The van der Waals surface area contributed by atoms with Gasteiger partial charge in [0.15, 0.2) is 0 Å². The molecule has 0 atom stereocenters. The van der Waals surface area contributed by atoms with Gasteiger partial charge in [-0.1, -0.05) is 58.0 Å². The van der Waals surface area contributed by atoms with E-state index in [4.69, 9.17) is 0 Å². The van der Waals surface area contributed by atoms with Crippen LogP contribution in [0.15, 0.2) is 48.7 Å². The van der Waals surface area contributed by atoms with Crippen LogP contribution in [-0.2, 0) is 6.42 Å². The summed E-state index contributed by atoms with van der Waals surface area (Å²) >= 11 is 0. The minimum Gasteiger partial charge on any atom is -0.256 e. The van der Waals surface area contributed by atoms with E-state index >= 15 is 0 Å². The Morgan fingerprint density at radius 1 is 0.900 bits per heavy atom. The SMILES string of the molecule is CC1(C)C(Cc2ccccc2-c2ccccn2)C1(C)C. The molecule has 1 saturated carbocycles. The molecule has 0 radical (unpaired) electrons. The fourth-order valence-corrected chi connectivity index (χ4v) is 3.53. The summed E-state index contributed by atoms with van der Waals surface area (Å²) in [6.45, 7) is 9.56. The summed E-state index contributed by atoms with van der Waals surface area (Å²) < 4.78 is 0. The lowest BCUT2D eigenvalue weighted by Gasteiger charge is -2.10. The molecule has 0 saturated heterocycles. The van der Waals surface area contributed by atoms with Crippen LogP contribution in [0, 0.1) is 16.7 Å². The van der Waals surface area contributed by atoms with E-state index in [2.05, 4.69) is 69.1 Å². The van der Waals surface area contributed by atoms with Crippen molar-refractivity contribution >= 4 is 0 Å². The molecule has 1 aromatic carbocycles. The minimum absolute atomic E-state index is 0.435. The third-order valence-electron chi connectivity index (χ3n) is 5.70. The zero-order valence-electron chi connectivity index (χ0n) is 12.9. The summed E-state index contributed by atoms with van der Waals surface area (Å²) in [5.41, 5.74) is 4.66. The van der Waals surface area contributed by atoms with Crippen molar-refractivity contribution in [1.29, 1.82) is 0 Å². The highest BCUT2D eigenvalue weighted by atomic mass is 14.7. The monoisotopic (exact) mass is 265 g/mol. The number of pyridine rings is 1. The molecule has 1 aliphatic rings. The Morgan fingerprint density at radius 3 is 2.15 bits per heavy atom. The molecule has 0 unspecified atom stereocenters. The summed E-state index contributed by atoms with van der Waals surface area (Å²) in [4.78, 5) is 4.51. The van der Waals surface area contributed by atoms with Gasteiger partial charge in [-0.15, -0.1) is 0 Å². The Balaban J connectivity index is 1.93. The maximum Gasteiger partial charge on any atom is 0.0704 e. The number of rotatable bonds is 3. The predicted molar refractivity (Wildman–Crippen MR) is 84.4 cm³/mol. The molecule has 104 valence electrons. The van der Waals surface area contributed by atoms with E-state index in [0.717, 1.165) is 18.0 Å². The van der Waals surface area contributed by atoms with E-state index in [1.807, 2.05) is 12.3 Å². The zero-order chi connectivity index (χ0) is 14.4. The van der Waals surface area contributed by atoms with Crippen molar-refractivity contribution < 1.29 is 0 Å². The summed E-state index contributed by atoms with van der Waals surface area (Å²) in [6, 6.07) is 14.8. The van der Waals surface area contributed by atoms with Crippen LogP contribution in [0.3, 0.4) is 0 Å². The topological polar surface area (TPSA) is 12.9 Å². The molecule has 2 aromatic rings. The molecule has 20 heavy (non-hydrogen) atoms. The van der Waals surface area contributed by atoms with E-state index in [1.165, 1.54) is 11.1 Å². The second kappa shape index (κ2) is 4.44. The predicted octanol–water partition coefficient (Wildman–Crippen LogP) is 4.97. The molecule has 0 amide bonds.